The molecule has 0 saturated carbocycles. The lowest BCUT2D eigenvalue weighted by molar-refractivity contribution is -0.121. The summed E-state index contributed by atoms with van der Waals surface area (Å²) in [4.78, 5) is 14.4. The third-order valence-corrected chi connectivity index (χ3v) is 5.13. The number of hydrogen-bond acceptors (Lipinski definition) is 4. The van der Waals surface area contributed by atoms with Crippen molar-refractivity contribution in [3.63, 3.8) is 0 Å². The lowest BCUT2D eigenvalue weighted by Gasteiger charge is -2.09. The van der Waals surface area contributed by atoms with Crippen molar-refractivity contribution in [2.24, 2.45) is 0 Å². The summed E-state index contributed by atoms with van der Waals surface area (Å²) in [7, 11) is 0. The molecule has 112 valence electrons. The fourth-order valence-corrected chi connectivity index (χ4v) is 3.73. The number of thiocarbonyl (C=S) groups is 1. The van der Waals surface area contributed by atoms with Crippen molar-refractivity contribution in [3.05, 3.63) is 51.5 Å². The summed E-state index contributed by atoms with van der Waals surface area (Å²) in [5.41, 5.74) is 0.990. The average Bonchev–Trinajstić information content (AvgIpc) is 3.06. The van der Waals surface area contributed by atoms with Crippen molar-refractivity contribution >= 4 is 56.2 Å². The molecular weight excluding hydrogens is 382 g/mol. The molecule has 0 atom stereocenters. The molecule has 22 heavy (non-hydrogen) atoms. The molecule has 3 nitrogen and oxygen atoms in total. The van der Waals surface area contributed by atoms with Gasteiger partial charge in [-0.1, -0.05) is 52.0 Å². The number of benzene rings is 1. The van der Waals surface area contributed by atoms with Crippen LogP contribution in [0.1, 0.15) is 12.7 Å². The van der Waals surface area contributed by atoms with E-state index in [9.17, 15) is 4.79 Å². The minimum Gasteiger partial charge on any atom is -0.457 e. The maximum Gasteiger partial charge on any atom is 0.266 e. The molecular formula is C16H12BrNO2S2. The Labute approximate surface area is 146 Å². The number of rotatable bonds is 3. The van der Waals surface area contributed by atoms with Gasteiger partial charge >= 0.3 is 0 Å². The minimum absolute atomic E-state index is 0.0564. The van der Waals surface area contributed by atoms with Crippen LogP contribution in [0.5, 0.6) is 0 Å². The summed E-state index contributed by atoms with van der Waals surface area (Å²) in [6.45, 7) is 2.50. The first kappa shape index (κ1) is 15.5. The van der Waals surface area contributed by atoms with Crippen LogP contribution in [0.2, 0.25) is 0 Å². The first-order valence-corrected chi connectivity index (χ1v) is 8.71. The van der Waals surface area contributed by atoms with E-state index in [4.69, 9.17) is 16.6 Å². The van der Waals surface area contributed by atoms with Crippen molar-refractivity contribution in [3.8, 4) is 11.3 Å². The molecule has 2 heterocycles. The van der Waals surface area contributed by atoms with Gasteiger partial charge in [0.2, 0.25) is 0 Å². The van der Waals surface area contributed by atoms with Gasteiger partial charge in [0.05, 0.1) is 4.91 Å². The Morgan fingerprint density at radius 3 is 2.64 bits per heavy atom. The second-order valence-electron chi connectivity index (χ2n) is 4.63. The molecule has 2 aromatic rings. The van der Waals surface area contributed by atoms with Crippen LogP contribution in [0.15, 0.2) is 50.2 Å². The standard InChI is InChI=1S/C16H12BrNO2S2/c1-2-18-15(19)14(22-16(18)21)9-12-7-8-13(20-12)10-3-5-11(17)6-4-10/h3-9H,2H2,1H3/b14-9+. The molecule has 0 N–H and O–H groups in total. The van der Waals surface area contributed by atoms with Crippen LogP contribution >= 0.6 is 39.9 Å². The number of amides is 1. The molecule has 0 spiro atoms. The monoisotopic (exact) mass is 393 g/mol. The lowest BCUT2D eigenvalue weighted by Crippen LogP contribution is -2.27. The van der Waals surface area contributed by atoms with E-state index in [1.165, 1.54) is 11.8 Å². The van der Waals surface area contributed by atoms with E-state index in [1.807, 2.05) is 43.3 Å². The fraction of sp³-hybridized carbons (Fsp3) is 0.125. The van der Waals surface area contributed by atoms with Gasteiger partial charge in [-0.2, -0.15) is 0 Å². The number of nitrogens with zero attached hydrogens (tertiary/aromatic N) is 1. The summed E-state index contributed by atoms with van der Waals surface area (Å²) >= 11 is 9.92. The SMILES string of the molecule is CCN1C(=O)/C(=C\c2ccc(-c3ccc(Br)cc3)o2)SC1=S. The van der Waals surface area contributed by atoms with Gasteiger partial charge < -0.3 is 4.42 Å². The molecule has 1 aromatic carbocycles. The molecule has 1 fully saturated rings. The highest BCUT2D eigenvalue weighted by Crippen LogP contribution is 2.33. The highest BCUT2D eigenvalue weighted by atomic mass is 79.9. The molecule has 1 amide bonds. The molecule has 1 aliphatic heterocycles. The van der Waals surface area contributed by atoms with Crippen molar-refractivity contribution < 1.29 is 9.21 Å². The van der Waals surface area contributed by atoms with Crippen molar-refractivity contribution in [2.75, 3.05) is 6.54 Å². The van der Waals surface area contributed by atoms with Crippen molar-refractivity contribution in [2.45, 2.75) is 6.92 Å². The van der Waals surface area contributed by atoms with Gasteiger partial charge in [-0.25, -0.2) is 0 Å². The summed E-state index contributed by atoms with van der Waals surface area (Å²) in [6, 6.07) is 11.6. The molecule has 1 aliphatic rings. The second-order valence-corrected chi connectivity index (χ2v) is 7.23. The summed E-state index contributed by atoms with van der Waals surface area (Å²) in [5, 5.41) is 0. The zero-order chi connectivity index (χ0) is 15.7. The number of thioether (sulfide) groups is 1. The van der Waals surface area contributed by atoms with E-state index in [0.29, 0.717) is 21.5 Å². The Balaban J connectivity index is 1.86. The number of hydrogen-bond donors (Lipinski definition) is 0. The number of carbonyl (C=O) groups excluding carboxylic acids is 1. The highest BCUT2D eigenvalue weighted by Gasteiger charge is 2.30. The normalized spacial score (nSPS) is 16.8. The van der Waals surface area contributed by atoms with Crippen LogP contribution in [-0.4, -0.2) is 21.7 Å². The molecule has 3 rings (SSSR count). The van der Waals surface area contributed by atoms with E-state index >= 15 is 0 Å². The van der Waals surface area contributed by atoms with E-state index < -0.39 is 0 Å². The Hall–Kier alpha value is -1.37. The predicted octanol–water partition coefficient (Wildman–Crippen LogP) is 4.93. The maximum absolute atomic E-state index is 12.2. The number of furan rings is 1. The van der Waals surface area contributed by atoms with Gasteiger partial charge in [0, 0.05) is 22.7 Å². The maximum atomic E-state index is 12.2. The Bertz CT molecular complexity index is 765. The molecule has 0 aliphatic carbocycles. The Morgan fingerprint density at radius 2 is 2.00 bits per heavy atom. The summed E-state index contributed by atoms with van der Waals surface area (Å²) in [5.74, 6) is 1.36. The highest BCUT2D eigenvalue weighted by molar-refractivity contribution is 9.10. The summed E-state index contributed by atoms with van der Waals surface area (Å²) in [6.07, 6.45) is 1.75. The van der Waals surface area contributed by atoms with Gasteiger partial charge in [0.25, 0.3) is 5.91 Å². The largest absolute Gasteiger partial charge is 0.457 e. The first-order chi connectivity index (χ1) is 10.6. The van der Waals surface area contributed by atoms with E-state index in [1.54, 1.807) is 11.0 Å². The molecule has 6 heteroatoms. The van der Waals surface area contributed by atoms with Crippen LogP contribution < -0.4 is 0 Å². The van der Waals surface area contributed by atoms with Crippen LogP contribution in [0.25, 0.3) is 17.4 Å². The van der Waals surface area contributed by atoms with Gasteiger partial charge in [0.1, 0.15) is 15.8 Å². The summed E-state index contributed by atoms with van der Waals surface area (Å²) < 4.78 is 7.42. The predicted molar refractivity (Wildman–Crippen MR) is 97.4 cm³/mol. The van der Waals surface area contributed by atoms with Crippen LogP contribution in [-0.2, 0) is 4.79 Å². The van der Waals surface area contributed by atoms with Crippen LogP contribution in [0.4, 0.5) is 0 Å². The molecule has 0 radical (unpaired) electrons. The zero-order valence-electron chi connectivity index (χ0n) is 11.7. The van der Waals surface area contributed by atoms with Gasteiger partial charge in [-0.05, 0) is 31.2 Å². The number of likely N-dealkylation sites (N-methyl/N-ethyl adjacent to an activating group) is 1. The number of carbonyl (C=O) groups is 1. The molecule has 1 aromatic heterocycles. The Kier molecular flexibility index (Phi) is 4.52. The molecule has 1 saturated heterocycles. The van der Waals surface area contributed by atoms with Gasteiger partial charge in [-0.3, -0.25) is 9.69 Å². The van der Waals surface area contributed by atoms with E-state index in [-0.39, 0.29) is 5.91 Å². The molecule has 0 unspecified atom stereocenters. The van der Waals surface area contributed by atoms with Gasteiger partial charge in [0.15, 0.2) is 0 Å². The number of halogens is 1. The minimum atomic E-state index is -0.0564. The first-order valence-electron chi connectivity index (χ1n) is 6.69. The van der Waals surface area contributed by atoms with Gasteiger partial charge in [-0.15, -0.1) is 0 Å². The van der Waals surface area contributed by atoms with Crippen molar-refractivity contribution in [1.29, 1.82) is 0 Å². The van der Waals surface area contributed by atoms with E-state index in [2.05, 4.69) is 15.9 Å². The average molecular weight is 394 g/mol. The van der Waals surface area contributed by atoms with Crippen molar-refractivity contribution in [1.82, 2.24) is 4.90 Å². The topological polar surface area (TPSA) is 33.5 Å². The van der Waals surface area contributed by atoms with Crippen LogP contribution in [0, 0.1) is 0 Å². The Morgan fingerprint density at radius 1 is 1.27 bits per heavy atom. The molecule has 0 bridgehead atoms. The lowest BCUT2D eigenvalue weighted by atomic mass is 10.2. The second kappa shape index (κ2) is 6.40. The third-order valence-electron chi connectivity index (χ3n) is 3.22. The smallest absolute Gasteiger partial charge is 0.266 e. The third kappa shape index (κ3) is 3.04. The van der Waals surface area contributed by atoms with E-state index in [0.717, 1.165) is 15.8 Å². The quantitative estimate of drug-likeness (QED) is 0.546. The zero-order valence-corrected chi connectivity index (χ0v) is 14.9. The van der Waals surface area contributed by atoms with Crippen LogP contribution in [0.3, 0.4) is 0 Å². The fourth-order valence-electron chi connectivity index (χ4n) is 2.10.